The molecular weight excluding hydrogens is 284 g/mol. The van der Waals surface area contributed by atoms with Gasteiger partial charge in [-0.05, 0) is 23.1 Å². The van der Waals surface area contributed by atoms with Crippen LogP contribution in [0.15, 0.2) is 35.2 Å². The molecule has 1 aliphatic heterocycles. The fraction of sp³-hybridized carbons (Fsp3) is 0.412. The summed E-state index contributed by atoms with van der Waals surface area (Å²) in [7, 11) is 3.73. The van der Waals surface area contributed by atoms with Crippen LogP contribution in [0.2, 0.25) is 0 Å². The molecule has 0 unspecified atom stereocenters. The SMILES string of the molecule is COCc1ccc([S+]2CCOCC2)c2c(OC)cccc12. The summed E-state index contributed by atoms with van der Waals surface area (Å²) in [6, 6.07) is 10.7. The maximum atomic E-state index is 5.62. The number of ether oxygens (including phenoxy) is 3. The topological polar surface area (TPSA) is 27.7 Å². The van der Waals surface area contributed by atoms with Crippen molar-refractivity contribution in [1.82, 2.24) is 0 Å². The van der Waals surface area contributed by atoms with Crippen LogP contribution in [0.4, 0.5) is 0 Å². The zero-order valence-electron chi connectivity index (χ0n) is 12.6. The number of hydrogen-bond donors (Lipinski definition) is 0. The first-order valence-corrected chi connectivity index (χ1v) is 8.74. The molecule has 0 radical (unpaired) electrons. The van der Waals surface area contributed by atoms with Gasteiger partial charge in [-0.25, -0.2) is 0 Å². The molecule has 1 heterocycles. The Morgan fingerprint density at radius 1 is 1.10 bits per heavy atom. The predicted octanol–water partition coefficient (Wildman–Crippen LogP) is 3.00. The number of hydrogen-bond acceptors (Lipinski definition) is 3. The van der Waals surface area contributed by atoms with Crippen molar-refractivity contribution in [2.24, 2.45) is 0 Å². The highest BCUT2D eigenvalue weighted by Gasteiger charge is 2.29. The summed E-state index contributed by atoms with van der Waals surface area (Å²) < 4.78 is 16.5. The van der Waals surface area contributed by atoms with Gasteiger partial charge in [0.1, 0.15) is 17.3 Å². The molecule has 0 aliphatic carbocycles. The number of rotatable bonds is 4. The monoisotopic (exact) mass is 305 g/mol. The number of methoxy groups -OCH3 is 2. The van der Waals surface area contributed by atoms with Gasteiger partial charge in [-0.2, -0.15) is 0 Å². The predicted molar refractivity (Wildman–Crippen MR) is 87.4 cm³/mol. The van der Waals surface area contributed by atoms with E-state index in [-0.39, 0.29) is 10.9 Å². The minimum atomic E-state index is 0.247. The normalized spacial score (nSPS) is 16.3. The van der Waals surface area contributed by atoms with E-state index in [0.29, 0.717) is 6.61 Å². The molecule has 2 aromatic rings. The Bertz CT molecular complexity index is 621. The summed E-state index contributed by atoms with van der Waals surface area (Å²) in [5, 5.41) is 2.49. The third kappa shape index (κ3) is 2.89. The molecule has 4 heteroatoms. The zero-order valence-corrected chi connectivity index (χ0v) is 13.4. The molecule has 0 bridgehead atoms. The van der Waals surface area contributed by atoms with E-state index in [0.717, 1.165) is 30.5 Å². The standard InChI is InChI=1S/C17H21O3S/c1-18-12-13-6-7-16(21-10-8-20-9-11-21)17-14(13)4-3-5-15(17)19-2/h3-7H,8-12H2,1-2H3/q+1. The first kappa shape index (κ1) is 14.7. The van der Waals surface area contributed by atoms with Gasteiger partial charge in [-0.15, -0.1) is 0 Å². The lowest BCUT2D eigenvalue weighted by Gasteiger charge is -2.18. The van der Waals surface area contributed by atoms with Crippen molar-refractivity contribution in [2.75, 3.05) is 38.9 Å². The van der Waals surface area contributed by atoms with Crippen LogP contribution < -0.4 is 4.74 Å². The smallest absolute Gasteiger partial charge is 0.166 e. The molecule has 1 aliphatic rings. The van der Waals surface area contributed by atoms with Crippen LogP contribution in [0.1, 0.15) is 5.56 Å². The van der Waals surface area contributed by atoms with Gasteiger partial charge in [-0.3, -0.25) is 0 Å². The molecule has 1 fully saturated rings. The highest BCUT2D eigenvalue weighted by Crippen LogP contribution is 2.35. The van der Waals surface area contributed by atoms with Crippen molar-refractivity contribution >= 4 is 21.7 Å². The summed E-state index contributed by atoms with van der Waals surface area (Å²) in [6.07, 6.45) is 0. The quantitative estimate of drug-likeness (QED) is 0.813. The van der Waals surface area contributed by atoms with Crippen molar-refractivity contribution < 1.29 is 14.2 Å². The second-order valence-corrected chi connectivity index (χ2v) is 7.29. The Morgan fingerprint density at radius 3 is 2.62 bits per heavy atom. The van der Waals surface area contributed by atoms with E-state index in [9.17, 15) is 0 Å². The Labute approximate surface area is 128 Å². The van der Waals surface area contributed by atoms with Crippen LogP contribution in [0, 0.1) is 0 Å². The second kappa shape index (κ2) is 6.69. The number of benzene rings is 2. The minimum absolute atomic E-state index is 0.247. The van der Waals surface area contributed by atoms with Crippen LogP contribution in [-0.2, 0) is 27.0 Å². The fourth-order valence-electron chi connectivity index (χ4n) is 2.84. The van der Waals surface area contributed by atoms with E-state index in [4.69, 9.17) is 14.2 Å². The molecule has 0 atom stereocenters. The summed E-state index contributed by atoms with van der Waals surface area (Å²) in [6.45, 7) is 2.35. The molecule has 21 heavy (non-hydrogen) atoms. The Balaban J connectivity index is 2.17. The molecule has 0 saturated carbocycles. The first-order chi connectivity index (χ1) is 10.3. The van der Waals surface area contributed by atoms with Gasteiger partial charge in [0.05, 0.1) is 32.3 Å². The lowest BCUT2D eigenvalue weighted by molar-refractivity contribution is 0.159. The van der Waals surface area contributed by atoms with Crippen molar-refractivity contribution in [3.63, 3.8) is 0 Å². The zero-order chi connectivity index (χ0) is 14.7. The van der Waals surface area contributed by atoms with Crippen LogP contribution in [0.3, 0.4) is 0 Å². The van der Waals surface area contributed by atoms with Crippen molar-refractivity contribution in [2.45, 2.75) is 11.5 Å². The van der Waals surface area contributed by atoms with Gasteiger partial charge in [0, 0.05) is 18.0 Å². The van der Waals surface area contributed by atoms with Gasteiger partial charge < -0.3 is 14.2 Å². The molecule has 112 valence electrons. The van der Waals surface area contributed by atoms with E-state index >= 15 is 0 Å². The van der Waals surface area contributed by atoms with Gasteiger partial charge in [0.15, 0.2) is 4.90 Å². The average Bonchev–Trinajstić information content (AvgIpc) is 2.55. The Kier molecular flexibility index (Phi) is 4.68. The molecule has 2 aromatic carbocycles. The Hall–Kier alpha value is -1.23. The summed E-state index contributed by atoms with van der Waals surface area (Å²) in [4.78, 5) is 1.41. The Morgan fingerprint density at radius 2 is 1.90 bits per heavy atom. The summed E-state index contributed by atoms with van der Waals surface area (Å²) in [5.74, 6) is 3.17. The van der Waals surface area contributed by atoms with Crippen molar-refractivity contribution in [1.29, 1.82) is 0 Å². The lowest BCUT2D eigenvalue weighted by atomic mass is 10.0. The van der Waals surface area contributed by atoms with E-state index in [1.54, 1.807) is 14.2 Å². The molecule has 0 amide bonds. The fourth-order valence-corrected chi connectivity index (χ4v) is 4.88. The summed E-state index contributed by atoms with van der Waals surface area (Å²) >= 11 is 0. The minimum Gasteiger partial charge on any atom is -0.496 e. The molecule has 3 rings (SSSR count). The average molecular weight is 305 g/mol. The van der Waals surface area contributed by atoms with Gasteiger partial charge >= 0.3 is 0 Å². The molecule has 1 saturated heterocycles. The lowest BCUT2D eigenvalue weighted by Crippen LogP contribution is -2.26. The highest BCUT2D eigenvalue weighted by molar-refractivity contribution is 7.97. The van der Waals surface area contributed by atoms with Gasteiger partial charge in [0.2, 0.25) is 0 Å². The van der Waals surface area contributed by atoms with E-state index in [1.165, 1.54) is 21.2 Å². The first-order valence-electron chi connectivity index (χ1n) is 7.18. The number of fused-ring (bicyclic) bond motifs is 1. The van der Waals surface area contributed by atoms with Gasteiger partial charge in [-0.1, -0.05) is 18.2 Å². The maximum Gasteiger partial charge on any atom is 0.166 e. The van der Waals surface area contributed by atoms with Crippen molar-refractivity contribution in [3.8, 4) is 5.75 Å². The molecule has 3 nitrogen and oxygen atoms in total. The summed E-state index contributed by atoms with van der Waals surface area (Å²) in [5.41, 5.74) is 1.21. The van der Waals surface area contributed by atoms with Crippen LogP contribution in [0.5, 0.6) is 5.75 Å². The second-order valence-electron chi connectivity index (χ2n) is 5.05. The molecule has 0 spiro atoms. The van der Waals surface area contributed by atoms with Crippen LogP contribution >= 0.6 is 0 Å². The molecule has 0 N–H and O–H groups in total. The largest absolute Gasteiger partial charge is 0.496 e. The van der Waals surface area contributed by atoms with E-state index in [2.05, 4.69) is 24.3 Å². The third-order valence-corrected chi connectivity index (χ3v) is 6.11. The van der Waals surface area contributed by atoms with E-state index < -0.39 is 0 Å². The highest BCUT2D eigenvalue weighted by atomic mass is 32.2. The van der Waals surface area contributed by atoms with Crippen LogP contribution in [0.25, 0.3) is 10.8 Å². The van der Waals surface area contributed by atoms with E-state index in [1.807, 2.05) is 6.07 Å². The third-order valence-electron chi connectivity index (χ3n) is 3.83. The van der Waals surface area contributed by atoms with Crippen molar-refractivity contribution in [3.05, 3.63) is 35.9 Å². The molecular formula is C17H21O3S+. The maximum absolute atomic E-state index is 5.62. The van der Waals surface area contributed by atoms with Gasteiger partial charge in [0.25, 0.3) is 0 Å². The van der Waals surface area contributed by atoms with Crippen LogP contribution in [-0.4, -0.2) is 38.9 Å². The molecule has 0 aromatic heterocycles.